The molecule has 0 saturated carbocycles. The summed E-state index contributed by atoms with van der Waals surface area (Å²) in [6.45, 7) is 1.86. The summed E-state index contributed by atoms with van der Waals surface area (Å²) in [7, 11) is -4.22. The highest BCUT2D eigenvalue weighted by Crippen LogP contribution is 2.58. The number of phosphoric ester groups is 1. The quantitative estimate of drug-likeness (QED) is 0.295. The third-order valence-corrected chi connectivity index (χ3v) is 8.23. The lowest BCUT2D eigenvalue weighted by atomic mass is 10.0. The van der Waals surface area contributed by atoms with Crippen molar-refractivity contribution in [3.63, 3.8) is 0 Å². The van der Waals surface area contributed by atoms with Crippen molar-refractivity contribution in [2.45, 2.75) is 57.1 Å². The topological polar surface area (TPSA) is 213 Å². The predicted octanol–water partition coefficient (Wildman–Crippen LogP) is -1.60. The minimum Gasteiger partial charge on any atom is -0.394 e. The van der Waals surface area contributed by atoms with Crippen molar-refractivity contribution in [1.82, 2.24) is 19.1 Å². The minimum atomic E-state index is -4.22. The summed E-state index contributed by atoms with van der Waals surface area (Å²) in [5.41, 5.74) is -1.98. The second-order valence-corrected chi connectivity index (χ2v) is 11.0. The van der Waals surface area contributed by atoms with Crippen LogP contribution in [-0.4, -0.2) is 73.6 Å². The Kier molecular flexibility index (Phi) is 7.17. The van der Waals surface area contributed by atoms with E-state index < -0.39 is 86.3 Å². The highest BCUT2D eigenvalue weighted by molar-refractivity contribution is 7.48. The molecule has 0 amide bonds. The first-order valence-electron chi connectivity index (χ1n) is 11.8. The van der Waals surface area contributed by atoms with Crippen molar-refractivity contribution in [3.8, 4) is 0 Å². The smallest absolute Gasteiger partial charge is 0.394 e. The maximum atomic E-state index is 13.2. The Labute approximate surface area is 213 Å². The molecule has 5 rings (SSSR count). The van der Waals surface area contributed by atoms with Crippen LogP contribution in [0.5, 0.6) is 0 Å². The number of nitrogens with one attached hydrogen (secondary N) is 2. The molecular formula is C21H27N4O12P. The maximum absolute atomic E-state index is 13.2. The van der Waals surface area contributed by atoms with E-state index in [4.69, 9.17) is 23.0 Å². The minimum absolute atomic E-state index is 0.00553. The van der Waals surface area contributed by atoms with Crippen LogP contribution in [0.2, 0.25) is 0 Å². The van der Waals surface area contributed by atoms with E-state index in [0.717, 1.165) is 9.13 Å². The molecule has 8 atom stereocenters. The number of hydrogen-bond acceptors (Lipinski definition) is 12. The van der Waals surface area contributed by atoms with E-state index in [2.05, 4.69) is 9.97 Å². The van der Waals surface area contributed by atoms with Gasteiger partial charge in [-0.15, -0.1) is 0 Å². The average Bonchev–Trinajstić information content (AvgIpc) is 3.41. The zero-order chi connectivity index (χ0) is 27.4. The van der Waals surface area contributed by atoms with Crippen molar-refractivity contribution >= 4 is 7.82 Å². The zero-order valence-electron chi connectivity index (χ0n) is 20.3. The van der Waals surface area contributed by atoms with Crippen LogP contribution in [0.25, 0.3) is 0 Å². The van der Waals surface area contributed by atoms with Gasteiger partial charge in [-0.3, -0.25) is 42.3 Å². The van der Waals surface area contributed by atoms with Crippen LogP contribution in [0.4, 0.5) is 0 Å². The van der Waals surface area contributed by atoms with Gasteiger partial charge in [-0.2, -0.15) is 0 Å². The van der Waals surface area contributed by atoms with Crippen molar-refractivity contribution in [2.75, 3.05) is 19.8 Å². The fourth-order valence-electron chi connectivity index (χ4n) is 4.74. The average molecular weight is 558 g/mol. The van der Waals surface area contributed by atoms with Gasteiger partial charge in [0.2, 0.25) is 0 Å². The molecule has 5 heterocycles. The molecule has 0 aliphatic carbocycles. The van der Waals surface area contributed by atoms with E-state index >= 15 is 0 Å². The maximum Gasteiger partial charge on any atom is 0.475 e. The number of ether oxygens (including phenoxy) is 2. The third kappa shape index (κ3) is 4.89. The third-order valence-electron chi connectivity index (χ3n) is 6.80. The van der Waals surface area contributed by atoms with Gasteiger partial charge in [0.05, 0.1) is 31.8 Å². The van der Waals surface area contributed by atoms with Gasteiger partial charge < -0.3 is 19.7 Å². The van der Waals surface area contributed by atoms with Gasteiger partial charge in [0.25, 0.3) is 11.1 Å². The molecule has 3 aliphatic heterocycles. The summed E-state index contributed by atoms with van der Waals surface area (Å²) in [6.07, 6.45) is -3.29. The molecule has 4 N–H and O–H groups in total. The standard InChI is InChI=1S/C21H27N4O12P/c1-9-4-24(20(30)22-17(9)28)15-3-12(27)14(35-15)8-34-38(32)33-7-11-16(37-38)13(6-26)36-19(11)25-5-10(2)18(29)23-21(25)31/h4-5,11-16,19,26-27H,3,6-8H2,1-2H3,(H,22,28,30)(H,23,29,31)/t11-,12+,13-,14-,15-,16+,19-,38?/m1/s1. The van der Waals surface area contributed by atoms with E-state index in [1.807, 2.05) is 0 Å². The number of fused-ring (bicyclic) bond motifs is 1. The monoisotopic (exact) mass is 558 g/mol. The lowest BCUT2D eigenvalue weighted by Gasteiger charge is -2.33. The number of aliphatic hydroxyl groups is 2. The van der Waals surface area contributed by atoms with Gasteiger partial charge in [-0.25, -0.2) is 14.2 Å². The Morgan fingerprint density at radius 2 is 1.66 bits per heavy atom. The van der Waals surface area contributed by atoms with Crippen LogP contribution in [0.3, 0.4) is 0 Å². The molecule has 17 heteroatoms. The molecule has 0 aromatic carbocycles. The van der Waals surface area contributed by atoms with Crippen LogP contribution >= 0.6 is 7.82 Å². The number of hydrogen-bond donors (Lipinski definition) is 4. The van der Waals surface area contributed by atoms with E-state index in [0.29, 0.717) is 0 Å². The Bertz CT molecular complexity index is 1500. The summed E-state index contributed by atoms with van der Waals surface area (Å²) in [4.78, 5) is 52.2. The molecule has 3 saturated heterocycles. The molecule has 3 aliphatic rings. The van der Waals surface area contributed by atoms with Gasteiger partial charge in [-0.05, 0) is 13.8 Å². The first-order valence-corrected chi connectivity index (χ1v) is 13.3. The normalized spacial score (nSPS) is 34.9. The molecule has 38 heavy (non-hydrogen) atoms. The number of aryl methyl sites for hydroxylation is 2. The first kappa shape index (κ1) is 26.9. The lowest BCUT2D eigenvalue weighted by Crippen LogP contribution is -2.40. The summed E-state index contributed by atoms with van der Waals surface area (Å²) >= 11 is 0. The van der Waals surface area contributed by atoms with Gasteiger partial charge in [0.1, 0.15) is 30.8 Å². The SMILES string of the molecule is Cc1cn([C@@H]2O[C@H](CO)[C@H]3OP(=O)(OC[C@H]4O[C@@H](n5cc(C)c(=O)[nH]c5=O)C[C@@H]4O)OC[C@H]32)c(=O)[nH]c1=O. The molecular weight excluding hydrogens is 531 g/mol. The van der Waals surface area contributed by atoms with E-state index in [-0.39, 0.29) is 24.2 Å². The number of nitrogens with zero attached hydrogens (tertiary/aromatic N) is 2. The predicted molar refractivity (Wildman–Crippen MR) is 126 cm³/mol. The highest BCUT2D eigenvalue weighted by atomic mass is 31.2. The Morgan fingerprint density at radius 3 is 2.32 bits per heavy atom. The van der Waals surface area contributed by atoms with Crippen LogP contribution in [-0.2, 0) is 27.6 Å². The second kappa shape index (κ2) is 10.1. The van der Waals surface area contributed by atoms with E-state index in [1.54, 1.807) is 0 Å². The molecule has 2 aromatic rings. The lowest BCUT2D eigenvalue weighted by molar-refractivity contribution is -0.0642. The molecule has 0 spiro atoms. The Balaban J connectivity index is 1.27. The molecule has 16 nitrogen and oxygen atoms in total. The summed E-state index contributed by atoms with van der Waals surface area (Å²) in [6, 6.07) is 0. The molecule has 0 radical (unpaired) electrons. The number of phosphoric acid groups is 1. The molecule has 0 bridgehead atoms. The number of aromatic amines is 2. The Hall–Kier alpha value is -2.69. The summed E-state index contributed by atoms with van der Waals surface area (Å²) in [5.74, 6) is -0.672. The molecule has 1 unspecified atom stereocenters. The van der Waals surface area contributed by atoms with Gasteiger partial charge in [0.15, 0.2) is 0 Å². The van der Waals surface area contributed by atoms with Gasteiger partial charge >= 0.3 is 19.2 Å². The largest absolute Gasteiger partial charge is 0.475 e. The summed E-state index contributed by atoms with van der Waals surface area (Å²) in [5, 5.41) is 20.3. The van der Waals surface area contributed by atoms with Gasteiger partial charge in [0, 0.05) is 29.9 Å². The van der Waals surface area contributed by atoms with Crippen LogP contribution in [0.15, 0.2) is 31.6 Å². The van der Waals surface area contributed by atoms with E-state index in [9.17, 15) is 34.0 Å². The van der Waals surface area contributed by atoms with Crippen molar-refractivity contribution in [1.29, 1.82) is 0 Å². The highest BCUT2D eigenvalue weighted by Gasteiger charge is 2.54. The van der Waals surface area contributed by atoms with Crippen LogP contribution < -0.4 is 22.5 Å². The molecule has 3 fully saturated rings. The van der Waals surface area contributed by atoms with Gasteiger partial charge in [-0.1, -0.05) is 0 Å². The fourth-order valence-corrected chi connectivity index (χ4v) is 6.21. The Morgan fingerprint density at radius 1 is 1.03 bits per heavy atom. The van der Waals surface area contributed by atoms with E-state index in [1.165, 1.54) is 26.2 Å². The zero-order valence-corrected chi connectivity index (χ0v) is 21.2. The van der Waals surface area contributed by atoms with Crippen molar-refractivity contribution in [3.05, 3.63) is 65.2 Å². The number of aliphatic hydroxyl groups excluding tert-OH is 2. The molecule has 2 aromatic heterocycles. The second-order valence-electron chi connectivity index (χ2n) is 9.41. The molecule has 208 valence electrons. The summed E-state index contributed by atoms with van der Waals surface area (Å²) < 4.78 is 43.5. The van der Waals surface area contributed by atoms with Crippen molar-refractivity contribution < 1.29 is 37.8 Å². The first-order chi connectivity index (χ1) is 18.0. The van der Waals surface area contributed by atoms with Crippen molar-refractivity contribution in [2.24, 2.45) is 5.92 Å². The number of aromatic nitrogens is 4. The van der Waals surface area contributed by atoms with Crippen LogP contribution in [0, 0.1) is 19.8 Å². The van der Waals surface area contributed by atoms with Crippen LogP contribution in [0.1, 0.15) is 30.0 Å². The number of rotatable bonds is 6. The fraction of sp³-hybridized carbons (Fsp3) is 0.619. The number of H-pyrrole nitrogens is 2.